The van der Waals surface area contributed by atoms with Crippen LogP contribution in [-0.2, 0) is 30.2 Å². The summed E-state index contributed by atoms with van der Waals surface area (Å²) in [6.45, 7) is 4.11. The Hall–Kier alpha value is -3.66. The normalized spacial score (nSPS) is 10.3. The monoisotopic (exact) mass is 412 g/mol. The van der Waals surface area contributed by atoms with E-state index in [-0.39, 0.29) is 23.7 Å². The van der Waals surface area contributed by atoms with Crippen molar-refractivity contribution in [2.75, 3.05) is 6.79 Å². The molecule has 0 aliphatic rings. The topological polar surface area (TPSA) is 78.9 Å². The molecular weight excluding hydrogens is 391 g/mol. The second-order valence-electron chi connectivity index (χ2n) is 6.65. The first-order valence-electron chi connectivity index (χ1n) is 9.10. The molecule has 7 heteroatoms. The molecule has 0 heterocycles. The molecule has 2 rings (SSSR count). The van der Waals surface area contributed by atoms with Crippen LogP contribution in [0.3, 0.4) is 0 Å². The van der Waals surface area contributed by atoms with Gasteiger partial charge in [-0.2, -0.15) is 0 Å². The first kappa shape index (κ1) is 22.6. The zero-order valence-electron chi connectivity index (χ0n) is 16.9. The van der Waals surface area contributed by atoms with Crippen molar-refractivity contribution in [1.29, 1.82) is 0 Å². The predicted molar refractivity (Wildman–Crippen MR) is 107 cm³/mol. The molecule has 2 aromatic carbocycles. The van der Waals surface area contributed by atoms with E-state index in [1.807, 2.05) is 0 Å². The molecule has 0 radical (unpaired) electrons. The number of rotatable bonds is 7. The number of ether oxygens (including phenoxy) is 3. The second kappa shape index (κ2) is 10.2. The minimum atomic E-state index is -0.740. The molecule has 6 nitrogen and oxygen atoms in total. The lowest BCUT2D eigenvalue weighted by molar-refractivity contribution is -0.165. The van der Waals surface area contributed by atoms with Crippen molar-refractivity contribution in [3.05, 3.63) is 58.9 Å². The van der Waals surface area contributed by atoms with E-state index in [1.54, 1.807) is 32.0 Å². The average molecular weight is 412 g/mol. The van der Waals surface area contributed by atoms with Gasteiger partial charge in [-0.25, -0.2) is 9.18 Å². The Labute approximate surface area is 173 Å². The number of terminal acetylenes is 1. The minimum Gasteiger partial charge on any atom is -0.459 e. The van der Waals surface area contributed by atoms with Gasteiger partial charge >= 0.3 is 17.9 Å². The quantitative estimate of drug-likeness (QED) is 0.392. The van der Waals surface area contributed by atoms with Gasteiger partial charge in [0.1, 0.15) is 5.82 Å². The van der Waals surface area contributed by atoms with E-state index in [0.29, 0.717) is 16.7 Å². The highest BCUT2D eigenvalue weighted by Crippen LogP contribution is 2.25. The molecule has 0 bridgehead atoms. The van der Waals surface area contributed by atoms with Crippen molar-refractivity contribution in [2.24, 2.45) is 0 Å². The van der Waals surface area contributed by atoms with E-state index in [4.69, 9.17) is 15.9 Å². The van der Waals surface area contributed by atoms with Crippen LogP contribution in [0.2, 0.25) is 0 Å². The zero-order chi connectivity index (χ0) is 22.3. The standard InChI is InChI=1S/C23H21FO6/c1-5-16-8-19(10-20(9-16)23(27)30-14(2)3)17-6-7-18(21(24)11-17)12-22(26)29-13-28-15(4)25/h1,6-11,14H,12-13H2,2-4H3. The van der Waals surface area contributed by atoms with Crippen LogP contribution in [0.4, 0.5) is 4.39 Å². The van der Waals surface area contributed by atoms with Crippen LogP contribution in [0.5, 0.6) is 0 Å². The summed E-state index contributed by atoms with van der Waals surface area (Å²) in [6, 6.07) is 9.01. The SMILES string of the molecule is C#Cc1cc(C(=O)OC(C)C)cc(-c2ccc(CC(=O)OCOC(C)=O)c(F)c2)c1. The summed E-state index contributed by atoms with van der Waals surface area (Å²) >= 11 is 0. The van der Waals surface area contributed by atoms with Crippen LogP contribution in [-0.4, -0.2) is 30.8 Å². The fourth-order valence-corrected chi connectivity index (χ4v) is 2.53. The number of halogens is 1. The highest BCUT2D eigenvalue weighted by atomic mass is 19.1. The van der Waals surface area contributed by atoms with Crippen LogP contribution in [0.25, 0.3) is 11.1 Å². The fourth-order valence-electron chi connectivity index (χ4n) is 2.53. The van der Waals surface area contributed by atoms with Crippen LogP contribution < -0.4 is 0 Å². The van der Waals surface area contributed by atoms with Gasteiger partial charge in [0.2, 0.25) is 6.79 Å². The number of hydrogen-bond donors (Lipinski definition) is 0. The molecule has 0 fully saturated rings. The predicted octanol–water partition coefficient (Wildman–Crippen LogP) is 3.65. The largest absolute Gasteiger partial charge is 0.459 e. The third kappa shape index (κ3) is 6.45. The number of carbonyl (C=O) groups excluding carboxylic acids is 3. The van der Waals surface area contributed by atoms with Gasteiger partial charge in [0.25, 0.3) is 0 Å². The molecule has 156 valence electrons. The average Bonchev–Trinajstić information content (AvgIpc) is 2.68. The Morgan fingerprint density at radius 2 is 1.80 bits per heavy atom. The highest BCUT2D eigenvalue weighted by molar-refractivity contribution is 5.92. The third-order valence-electron chi connectivity index (χ3n) is 3.88. The van der Waals surface area contributed by atoms with Crippen molar-refractivity contribution in [1.82, 2.24) is 0 Å². The van der Waals surface area contributed by atoms with Crippen molar-refractivity contribution in [3.63, 3.8) is 0 Å². The third-order valence-corrected chi connectivity index (χ3v) is 3.88. The molecule has 0 saturated carbocycles. The molecule has 0 unspecified atom stereocenters. The van der Waals surface area contributed by atoms with Crippen LogP contribution in [0, 0.1) is 18.2 Å². The summed E-state index contributed by atoms with van der Waals surface area (Å²) in [7, 11) is 0. The van der Waals surface area contributed by atoms with Gasteiger partial charge in [-0.3, -0.25) is 9.59 Å². The summed E-state index contributed by atoms with van der Waals surface area (Å²) < 4.78 is 28.9. The van der Waals surface area contributed by atoms with Gasteiger partial charge in [0.05, 0.1) is 18.1 Å². The van der Waals surface area contributed by atoms with Gasteiger partial charge in [-0.1, -0.05) is 18.1 Å². The van der Waals surface area contributed by atoms with Gasteiger partial charge in [0, 0.05) is 12.5 Å². The molecule has 0 spiro atoms. The lowest BCUT2D eigenvalue weighted by Gasteiger charge is -2.11. The molecule has 2 aromatic rings. The van der Waals surface area contributed by atoms with E-state index >= 15 is 0 Å². The zero-order valence-corrected chi connectivity index (χ0v) is 16.9. The van der Waals surface area contributed by atoms with E-state index in [0.717, 1.165) is 0 Å². The molecular formula is C23H21FO6. The maximum Gasteiger partial charge on any atom is 0.338 e. The summed E-state index contributed by atoms with van der Waals surface area (Å²) in [4.78, 5) is 34.6. The fraction of sp³-hybridized carbons (Fsp3) is 0.261. The van der Waals surface area contributed by atoms with E-state index in [2.05, 4.69) is 10.7 Å². The maximum absolute atomic E-state index is 14.5. The molecule has 0 amide bonds. The van der Waals surface area contributed by atoms with Crippen molar-refractivity contribution >= 4 is 17.9 Å². The van der Waals surface area contributed by atoms with Crippen LogP contribution in [0.15, 0.2) is 36.4 Å². The number of benzene rings is 2. The van der Waals surface area contributed by atoms with Crippen molar-refractivity contribution < 1.29 is 33.0 Å². The van der Waals surface area contributed by atoms with Gasteiger partial charge in [0.15, 0.2) is 0 Å². The van der Waals surface area contributed by atoms with E-state index < -0.39 is 30.5 Å². The summed E-state index contributed by atoms with van der Waals surface area (Å²) in [6.07, 6.45) is 4.85. The Bertz CT molecular complexity index is 1000. The molecule has 0 aromatic heterocycles. The van der Waals surface area contributed by atoms with Crippen LogP contribution in [0.1, 0.15) is 42.3 Å². The first-order valence-corrected chi connectivity index (χ1v) is 9.10. The second-order valence-corrected chi connectivity index (χ2v) is 6.65. The Morgan fingerprint density at radius 1 is 1.07 bits per heavy atom. The van der Waals surface area contributed by atoms with Gasteiger partial charge < -0.3 is 14.2 Å². The van der Waals surface area contributed by atoms with E-state index in [1.165, 1.54) is 25.1 Å². The van der Waals surface area contributed by atoms with Crippen molar-refractivity contribution in [2.45, 2.75) is 33.3 Å². The van der Waals surface area contributed by atoms with Gasteiger partial charge in [-0.05, 0) is 54.8 Å². The molecule has 0 aliphatic heterocycles. The van der Waals surface area contributed by atoms with Crippen molar-refractivity contribution in [3.8, 4) is 23.5 Å². The Balaban J connectivity index is 2.23. The molecule has 0 aliphatic carbocycles. The molecule has 0 saturated heterocycles. The smallest absolute Gasteiger partial charge is 0.338 e. The maximum atomic E-state index is 14.5. The van der Waals surface area contributed by atoms with Gasteiger partial charge in [-0.15, -0.1) is 6.42 Å². The number of esters is 3. The number of hydrogen-bond acceptors (Lipinski definition) is 6. The minimum absolute atomic E-state index is 0.110. The summed E-state index contributed by atoms with van der Waals surface area (Å²) in [5.41, 5.74) is 1.82. The Kier molecular flexibility index (Phi) is 7.70. The first-order chi connectivity index (χ1) is 14.2. The highest BCUT2D eigenvalue weighted by Gasteiger charge is 2.15. The van der Waals surface area contributed by atoms with Crippen LogP contribution >= 0.6 is 0 Å². The molecule has 30 heavy (non-hydrogen) atoms. The molecule has 0 atom stereocenters. The lowest BCUT2D eigenvalue weighted by Crippen LogP contribution is -2.13. The summed E-state index contributed by atoms with van der Waals surface area (Å²) in [5.74, 6) is -0.0282. The number of carbonyl (C=O) groups is 3. The lowest BCUT2D eigenvalue weighted by atomic mass is 9.98. The van der Waals surface area contributed by atoms with E-state index in [9.17, 15) is 18.8 Å². The molecule has 0 N–H and O–H groups in total. The Morgan fingerprint density at radius 3 is 2.40 bits per heavy atom. The summed E-state index contributed by atoms with van der Waals surface area (Å²) in [5, 5.41) is 0.